The molecule has 3 rings (SSSR count). The van der Waals surface area contributed by atoms with Crippen molar-refractivity contribution in [1.82, 2.24) is 0 Å². The number of hydrogen-bond acceptors (Lipinski definition) is 2. The molecule has 2 aromatic rings. The van der Waals surface area contributed by atoms with Crippen LogP contribution in [0, 0.1) is 5.92 Å². The first-order chi connectivity index (χ1) is 9.31. The molecule has 2 heteroatoms. The van der Waals surface area contributed by atoms with Crippen molar-refractivity contribution in [1.29, 1.82) is 0 Å². The van der Waals surface area contributed by atoms with Crippen LogP contribution in [-0.2, 0) is 0 Å². The molecule has 0 aliphatic heterocycles. The van der Waals surface area contributed by atoms with Crippen molar-refractivity contribution >= 4 is 0 Å². The quantitative estimate of drug-likeness (QED) is 0.861. The predicted molar refractivity (Wildman–Crippen MR) is 75.3 cm³/mol. The molecule has 1 saturated carbocycles. The summed E-state index contributed by atoms with van der Waals surface area (Å²) in [6, 6.07) is 17.4. The molecule has 98 valence electrons. The number of benzene rings is 2. The van der Waals surface area contributed by atoms with Crippen LogP contribution in [0.3, 0.4) is 0 Å². The van der Waals surface area contributed by atoms with Gasteiger partial charge in [0.25, 0.3) is 0 Å². The summed E-state index contributed by atoms with van der Waals surface area (Å²) >= 11 is 0. The van der Waals surface area contributed by atoms with Crippen molar-refractivity contribution in [2.45, 2.75) is 25.4 Å². The first-order valence-electron chi connectivity index (χ1n) is 6.82. The maximum absolute atomic E-state index is 10.1. The topological polar surface area (TPSA) is 29.5 Å². The highest BCUT2D eigenvalue weighted by Crippen LogP contribution is 2.37. The molecule has 0 radical (unpaired) electrons. The van der Waals surface area contributed by atoms with Crippen LogP contribution >= 0.6 is 0 Å². The summed E-state index contributed by atoms with van der Waals surface area (Å²) in [5.41, 5.74) is 0.979. The van der Waals surface area contributed by atoms with E-state index in [2.05, 4.69) is 0 Å². The van der Waals surface area contributed by atoms with E-state index in [4.69, 9.17) is 4.74 Å². The Morgan fingerprint density at radius 2 is 1.58 bits per heavy atom. The lowest BCUT2D eigenvalue weighted by Gasteiger charge is -2.11. The fourth-order valence-corrected chi connectivity index (χ4v) is 2.19. The second kappa shape index (κ2) is 5.45. The molecule has 0 aromatic heterocycles. The van der Waals surface area contributed by atoms with E-state index in [0.29, 0.717) is 0 Å². The minimum atomic E-state index is -0.335. The minimum absolute atomic E-state index is 0.335. The first-order valence-corrected chi connectivity index (χ1v) is 6.82. The van der Waals surface area contributed by atoms with Crippen LogP contribution in [-0.4, -0.2) is 5.11 Å². The summed E-state index contributed by atoms with van der Waals surface area (Å²) in [4.78, 5) is 0. The van der Waals surface area contributed by atoms with Crippen LogP contribution in [0.15, 0.2) is 54.6 Å². The van der Waals surface area contributed by atoms with Crippen molar-refractivity contribution < 1.29 is 9.84 Å². The Morgan fingerprint density at radius 1 is 0.947 bits per heavy atom. The fourth-order valence-electron chi connectivity index (χ4n) is 2.19. The van der Waals surface area contributed by atoms with Gasteiger partial charge in [-0.3, -0.25) is 0 Å². The molecule has 1 fully saturated rings. The Hall–Kier alpha value is -1.80. The molecule has 1 unspecified atom stereocenters. The van der Waals surface area contributed by atoms with Gasteiger partial charge in [-0.15, -0.1) is 0 Å². The van der Waals surface area contributed by atoms with Gasteiger partial charge in [0.1, 0.15) is 11.5 Å². The molecule has 0 amide bonds. The highest BCUT2D eigenvalue weighted by atomic mass is 16.5. The SMILES string of the molecule is OC(CC1CC1)c1ccc(Oc2ccccc2)cc1. The second-order valence-corrected chi connectivity index (χ2v) is 5.18. The lowest BCUT2D eigenvalue weighted by molar-refractivity contribution is 0.160. The van der Waals surface area contributed by atoms with Crippen molar-refractivity contribution in [3.05, 3.63) is 60.2 Å². The van der Waals surface area contributed by atoms with E-state index in [1.165, 1.54) is 12.8 Å². The maximum Gasteiger partial charge on any atom is 0.127 e. The summed E-state index contributed by atoms with van der Waals surface area (Å²) in [6.45, 7) is 0. The van der Waals surface area contributed by atoms with Crippen molar-refractivity contribution in [2.75, 3.05) is 0 Å². The first kappa shape index (κ1) is 12.2. The molecular formula is C17H18O2. The van der Waals surface area contributed by atoms with Gasteiger partial charge in [-0.2, -0.15) is 0 Å². The van der Waals surface area contributed by atoms with Crippen LogP contribution in [0.5, 0.6) is 11.5 Å². The third-order valence-corrected chi connectivity index (χ3v) is 3.50. The Morgan fingerprint density at radius 3 is 2.21 bits per heavy atom. The highest BCUT2D eigenvalue weighted by molar-refractivity contribution is 5.33. The number of ether oxygens (including phenoxy) is 1. The van der Waals surface area contributed by atoms with Crippen LogP contribution < -0.4 is 4.74 Å². The molecule has 1 N–H and O–H groups in total. The van der Waals surface area contributed by atoms with E-state index in [0.717, 1.165) is 29.4 Å². The Kier molecular flexibility index (Phi) is 3.51. The number of aliphatic hydroxyl groups is 1. The summed E-state index contributed by atoms with van der Waals surface area (Å²) in [7, 11) is 0. The monoisotopic (exact) mass is 254 g/mol. The molecule has 1 atom stereocenters. The van der Waals surface area contributed by atoms with Gasteiger partial charge in [-0.1, -0.05) is 43.2 Å². The van der Waals surface area contributed by atoms with Crippen LogP contribution in [0.4, 0.5) is 0 Å². The van der Waals surface area contributed by atoms with Gasteiger partial charge < -0.3 is 9.84 Å². The van der Waals surface area contributed by atoms with Gasteiger partial charge in [0.15, 0.2) is 0 Å². The summed E-state index contributed by atoms with van der Waals surface area (Å²) in [5, 5.41) is 10.1. The molecule has 0 spiro atoms. The Labute approximate surface area is 113 Å². The average molecular weight is 254 g/mol. The summed E-state index contributed by atoms with van der Waals surface area (Å²) < 4.78 is 5.72. The smallest absolute Gasteiger partial charge is 0.127 e. The van der Waals surface area contributed by atoms with Gasteiger partial charge in [0.2, 0.25) is 0 Å². The highest BCUT2D eigenvalue weighted by Gasteiger charge is 2.25. The zero-order valence-corrected chi connectivity index (χ0v) is 10.8. The normalized spacial score (nSPS) is 16.1. The number of hydrogen-bond donors (Lipinski definition) is 1. The number of aliphatic hydroxyl groups excluding tert-OH is 1. The molecule has 1 aliphatic rings. The minimum Gasteiger partial charge on any atom is -0.457 e. The van der Waals surface area contributed by atoms with Crippen molar-refractivity contribution in [3.63, 3.8) is 0 Å². The largest absolute Gasteiger partial charge is 0.457 e. The van der Waals surface area contributed by atoms with Crippen LogP contribution in [0.2, 0.25) is 0 Å². The van der Waals surface area contributed by atoms with E-state index < -0.39 is 0 Å². The van der Waals surface area contributed by atoms with Gasteiger partial charge in [0.05, 0.1) is 6.10 Å². The third-order valence-electron chi connectivity index (χ3n) is 3.50. The number of para-hydroxylation sites is 1. The molecule has 0 saturated heterocycles. The fraction of sp³-hybridized carbons (Fsp3) is 0.294. The van der Waals surface area contributed by atoms with Crippen molar-refractivity contribution in [3.8, 4) is 11.5 Å². The van der Waals surface area contributed by atoms with Crippen molar-refractivity contribution in [2.24, 2.45) is 5.92 Å². The lowest BCUT2D eigenvalue weighted by Crippen LogP contribution is -1.98. The van der Waals surface area contributed by atoms with E-state index in [1.807, 2.05) is 54.6 Å². The molecule has 2 aromatic carbocycles. The zero-order chi connectivity index (χ0) is 13.1. The van der Waals surface area contributed by atoms with E-state index in [1.54, 1.807) is 0 Å². The molecular weight excluding hydrogens is 236 g/mol. The third kappa shape index (κ3) is 3.36. The lowest BCUT2D eigenvalue weighted by atomic mass is 10.0. The van der Waals surface area contributed by atoms with E-state index >= 15 is 0 Å². The molecule has 19 heavy (non-hydrogen) atoms. The standard InChI is InChI=1S/C17H18O2/c18-17(12-13-6-7-13)14-8-10-16(11-9-14)19-15-4-2-1-3-5-15/h1-5,8-11,13,17-18H,6-7,12H2. The maximum atomic E-state index is 10.1. The Balaban J connectivity index is 1.64. The van der Waals surface area contributed by atoms with Crippen LogP contribution in [0.25, 0.3) is 0 Å². The van der Waals surface area contributed by atoms with Gasteiger partial charge >= 0.3 is 0 Å². The second-order valence-electron chi connectivity index (χ2n) is 5.18. The Bertz CT molecular complexity index is 515. The summed E-state index contributed by atoms with van der Waals surface area (Å²) in [5.74, 6) is 2.36. The average Bonchev–Trinajstić information content (AvgIpc) is 3.25. The molecule has 1 aliphatic carbocycles. The van der Waals surface area contributed by atoms with Gasteiger partial charge in [-0.05, 0) is 42.2 Å². The predicted octanol–water partition coefficient (Wildman–Crippen LogP) is 4.31. The molecule has 2 nitrogen and oxygen atoms in total. The van der Waals surface area contributed by atoms with E-state index in [9.17, 15) is 5.11 Å². The van der Waals surface area contributed by atoms with Gasteiger partial charge in [-0.25, -0.2) is 0 Å². The van der Waals surface area contributed by atoms with E-state index in [-0.39, 0.29) is 6.10 Å². The molecule has 0 heterocycles. The van der Waals surface area contributed by atoms with Crippen LogP contribution in [0.1, 0.15) is 30.9 Å². The number of rotatable bonds is 5. The van der Waals surface area contributed by atoms with Gasteiger partial charge in [0, 0.05) is 0 Å². The zero-order valence-electron chi connectivity index (χ0n) is 10.8. The summed E-state index contributed by atoms with van der Waals surface area (Å²) in [6.07, 6.45) is 3.09. The molecule has 0 bridgehead atoms.